The van der Waals surface area contributed by atoms with Gasteiger partial charge in [-0.3, -0.25) is 19.9 Å². The summed E-state index contributed by atoms with van der Waals surface area (Å²) in [7, 11) is 0. The second kappa shape index (κ2) is 20.8. The zero-order valence-electron chi connectivity index (χ0n) is 39.3. The van der Waals surface area contributed by atoms with Gasteiger partial charge in [0.2, 0.25) is 0 Å². The van der Waals surface area contributed by atoms with Crippen LogP contribution in [0.15, 0.2) is 231 Å². The fourth-order valence-corrected chi connectivity index (χ4v) is 8.76. The number of benzene rings is 5. The van der Waals surface area contributed by atoms with E-state index in [0.717, 1.165) is 106 Å². The molecule has 0 spiro atoms. The van der Waals surface area contributed by atoms with Gasteiger partial charge in [-0.15, -0.1) is 0 Å². The first kappa shape index (κ1) is 44.7. The minimum Gasteiger partial charge on any atom is -0.308 e. The van der Waals surface area contributed by atoms with E-state index in [1.165, 1.54) is 5.57 Å². The van der Waals surface area contributed by atoms with Crippen LogP contribution >= 0.6 is 0 Å². The van der Waals surface area contributed by atoms with Gasteiger partial charge in [-0.1, -0.05) is 129 Å². The molecule has 332 valence electrons. The van der Waals surface area contributed by atoms with Crippen LogP contribution in [-0.2, 0) is 0 Å². The van der Waals surface area contributed by atoms with E-state index in [9.17, 15) is 0 Å². The van der Waals surface area contributed by atoms with Crippen LogP contribution in [-0.4, -0.2) is 29.1 Å². The maximum atomic E-state index is 4.91. The molecular formula is C62H54N6. The Kier molecular flexibility index (Phi) is 13.7. The molecule has 68 heavy (non-hydrogen) atoms. The number of hydrogen-bond acceptors (Lipinski definition) is 4. The Bertz CT molecular complexity index is 3380. The van der Waals surface area contributed by atoms with Crippen LogP contribution < -0.4 is 0 Å². The van der Waals surface area contributed by atoms with Gasteiger partial charge in [0.15, 0.2) is 0 Å². The van der Waals surface area contributed by atoms with Crippen LogP contribution in [0.4, 0.5) is 0 Å². The third-order valence-corrected chi connectivity index (χ3v) is 12.0. The fraction of sp³-hybridized carbons (Fsp3) is 0.0968. The zero-order chi connectivity index (χ0) is 46.8. The van der Waals surface area contributed by atoms with Crippen molar-refractivity contribution >= 4 is 43.9 Å². The number of hydrogen-bond donors (Lipinski definition) is 0. The van der Waals surface area contributed by atoms with Crippen LogP contribution in [0.25, 0.3) is 99.8 Å². The summed E-state index contributed by atoms with van der Waals surface area (Å²) in [6.07, 6.45) is 23.0. The minimum atomic E-state index is 0.960. The lowest BCUT2D eigenvalue weighted by Gasteiger charge is -2.13. The van der Waals surface area contributed by atoms with E-state index in [0.29, 0.717) is 0 Å². The van der Waals surface area contributed by atoms with Crippen molar-refractivity contribution in [2.45, 2.75) is 41.0 Å². The molecule has 0 aliphatic heterocycles. The van der Waals surface area contributed by atoms with Crippen molar-refractivity contribution in [1.82, 2.24) is 29.1 Å². The van der Waals surface area contributed by atoms with Gasteiger partial charge < -0.3 is 9.13 Å². The van der Waals surface area contributed by atoms with Crippen molar-refractivity contribution in [3.05, 3.63) is 231 Å². The van der Waals surface area contributed by atoms with Crippen molar-refractivity contribution < 1.29 is 0 Å². The average molecular weight is 883 g/mol. The number of pyridine rings is 4. The third-order valence-electron chi connectivity index (χ3n) is 12.0. The van der Waals surface area contributed by atoms with Crippen molar-refractivity contribution in [1.29, 1.82) is 0 Å². The Balaban J connectivity index is 0.000000431. The lowest BCUT2D eigenvalue weighted by Crippen LogP contribution is -1.98. The molecule has 0 bridgehead atoms. The summed E-state index contributed by atoms with van der Waals surface area (Å²) in [6.45, 7) is 10.2. The van der Waals surface area contributed by atoms with E-state index >= 15 is 0 Å². The Labute approximate surface area is 399 Å². The first-order valence-corrected chi connectivity index (χ1v) is 23.4. The largest absolute Gasteiger partial charge is 0.308 e. The Morgan fingerprint density at radius 1 is 0.441 bits per heavy atom. The van der Waals surface area contributed by atoms with E-state index in [2.05, 4.69) is 184 Å². The Morgan fingerprint density at radius 2 is 0.912 bits per heavy atom. The molecule has 6 heterocycles. The van der Waals surface area contributed by atoms with Gasteiger partial charge in [-0.25, -0.2) is 0 Å². The van der Waals surface area contributed by atoms with Gasteiger partial charge in [-0.05, 0) is 128 Å². The molecule has 0 fully saturated rings. The van der Waals surface area contributed by atoms with Gasteiger partial charge in [0.05, 0.1) is 33.1 Å². The second-order valence-corrected chi connectivity index (χ2v) is 16.4. The molecule has 0 unspecified atom stereocenters. The number of nitrogens with zero attached hydrogens (tertiary/aromatic N) is 6. The molecule has 6 heteroatoms. The van der Waals surface area contributed by atoms with E-state index in [1.54, 1.807) is 0 Å². The lowest BCUT2D eigenvalue weighted by molar-refractivity contribution is 1.13. The molecular weight excluding hydrogens is 829 g/mol. The number of aromatic nitrogens is 6. The highest BCUT2D eigenvalue weighted by atomic mass is 15.0. The molecule has 6 aromatic heterocycles. The molecule has 5 aromatic carbocycles. The van der Waals surface area contributed by atoms with Crippen molar-refractivity contribution in [3.63, 3.8) is 0 Å². The highest BCUT2D eigenvalue weighted by molar-refractivity contribution is 6.10. The third kappa shape index (κ3) is 9.17. The molecule has 6 nitrogen and oxygen atoms in total. The first-order chi connectivity index (χ1) is 33.6. The van der Waals surface area contributed by atoms with Gasteiger partial charge >= 0.3 is 0 Å². The van der Waals surface area contributed by atoms with Gasteiger partial charge in [0, 0.05) is 81.6 Å². The molecule has 0 N–H and O–H groups in total. The predicted octanol–water partition coefficient (Wildman–Crippen LogP) is 16.6. The highest BCUT2D eigenvalue weighted by Crippen LogP contribution is 2.38. The molecule has 0 amide bonds. The van der Waals surface area contributed by atoms with Crippen molar-refractivity contribution in [2.75, 3.05) is 0 Å². The molecule has 0 saturated heterocycles. The van der Waals surface area contributed by atoms with Gasteiger partial charge in [-0.2, -0.15) is 0 Å². The van der Waals surface area contributed by atoms with Crippen LogP contribution in [0.2, 0.25) is 0 Å². The molecule has 11 rings (SSSR count). The van der Waals surface area contributed by atoms with Crippen LogP contribution in [0.5, 0.6) is 0 Å². The van der Waals surface area contributed by atoms with Crippen LogP contribution in [0, 0.1) is 0 Å². The highest BCUT2D eigenvalue weighted by Gasteiger charge is 2.18. The number of allylic oxidation sites excluding steroid dienone is 6. The molecule has 0 radical (unpaired) electrons. The monoisotopic (exact) mass is 882 g/mol. The van der Waals surface area contributed by atoms with Gasteiger partial charge in [0.25, 0.3) is 0 Å². The number of fused-ring (bicyclic) bond motifs is 6. The summed E-state index contributed by atoms with van der Waals surface area (Å²) in [5, 5.41) is 2.18. The van der Waals surface area contributed by atoms with Crippen LogP contribution in [0.1, 0.15) is 41.0 Å². The lowest BCUT2D eigenvalue weighted by atomic mass is 10.0. The molecule has 0 aliphatic carbocycles. The summed E-state index contributed by atoms with van der Waals surface area (Å²) in [5.41, 5.74) is 18.5. The minimum absolute atomic E-state index is 0.960. The normalized spacial score (nSPS) is 11.6. The molecule has 0 atom stereocenters. The Morgan fingerprint density at radius 3 is 1.37 bits per heavy atom. The first-order valence-electron chi connectivity index (χ1n) is 23.4. The molecule has 11 aromatic rings. The quantitative estimate of drug-likeness (QED) is 0.107. The maximum Gasteiger partial charge on any atom is 0.0963 e. The summed E-state index contributed by atoms with van der Waals surface area (Å²) in [4.78, 5) is 19.1. The molecule has 0 saturated carbocycles. The van der Waals surface area contributed by atoms with E-state index in [1.807, 2.05) is 95.2 Å². The number of rotatable bonds is 9. The summed E-state index contributed by atoms with van der Waals surface area (Å²) in [6, 6.07) is 55.6. The van der Waals surface area contributed by atoms with Crippen molar-refractivity contribution in [2.24, 2.45) is 0 Å². The van der Waals surface area contributed by atoms with E-state index in [-0.39, 0.29) is 0 Å². The molecule has 0 aliphatic rings. The summed E-state index contributed by atoms with van der Waals surface area (Å²) >= 11 is 0. The van der Waals surface area contributed by atoms with Crippen LogP contribution in [0.3, 0.4) is 0 Å². The summed E-state index contributed by atoms with van der Waals surface area (Å²) in [5.74, 6) is 0. The second-order valence-electron chi connectivity index (χ2n) is 16.4. The standard InChI is InChI=1S/C50H32N6.C10H16.C2H6/c1-3-10-33(11-4-1)37-24-39(31-51-29-37)35-18-20-45-43(26-35)49-47(16-8-22-53-49)55(45)41-14-7-15-42(28-41)56-46-21-19-36(27-44(46)50-48(56)17-9-23-54-50)40-25-38(30-52-32-40)34-12-5-2-6-13-34;1-4-6-8-10(3)9-7-5-2;1-2/h1-32H;4-8H,9H2,1-3H3;1-2H3/b;6-4-,7-5-,10-8+;. The fourth-order valence-electron chi connectivity index (χ4n) is 8.76. The maximum absolute atomic E-state index is 4.91. The topological polar surface area (TPSA) is 61.4 Å². The smallest absolute Gasteiger partial charge is 0.0963 e. The Hall–Kier alpha value is -8.48. The zero-order valence-corrected chi connectivity index (χ0v) is 39.3. The summed E-state index contributed by atoms with van der Waals surface area (Å²) < 4.78 is 4.64. The average Bonchev–Trinajstić information content (AvgIpc) is 3.93. The van der Waals surface area contributed by atoms with E-state index < -0.39 is 0 Å². The predicted molar refractivity (Wildman–Crippen MR) is 287 cm³/mol. The van der Waals surface area contributed by atoms with Crippen molar-refractivity contribution in [3.8, 4) is 55.9 Å². The SMILES string of the molecule is C/C=C\C=C(/C)C/C=C\C.CC.c1ccc(-c2cncc(-c3ccc4c(c3)c3ncccc3n4-c3cccc(-n4c5ccc(-c6cncc(-c7ccccc7)c6)cc5c5ncccc54)c3)c2)cc1. The van der Waals surface area contributed by atoms with Gasteiger partial charge in [0.1, 0.15) is 0 Å². The van der Waals surface area contributed by atoms with E-state index in [4.69, 9.17) is 9.97 Å².